The Morgan fingerprint density at radius 3 is 2.31 bits per heavy atom. The molecule has 3 amide bonds. The predicted octanol–water partition coefficient (Wildman–Crippen LogP) is 3.10. The van der Waals surface area contributed by atoms with E-state index in [1.165, 1.54) is 24.1 Å². The summed E-state index contributed by atoms with van der Waals surface area (Å²) in [5, 5.41) is 15.4. The summed E-state index contributed by atoms with van der Waals surface area (Å²) in [5.74, 6) is -1.73. The molecule has 10 heteroatoms. The molecule has 0 aromatic heterocycles. The first-order chi connectivity index (χ1) is 18.4. The first-order valence-corrected chi connectivity index (χ1v) is 12.9. The standard InChI is InChI=1S/C29H37N3O7/c1-18-14-23(18)32(25(20-12-9-13-21(33)16-20)26(35)30-17-24(34)38-5)27(36)22(15-19-10-7-6-8-11-19)31-28(37)39-29(2,3)4/h6-13,16,18,22-23,25,33H,14-15,17H2,1-5H3,(H,30,35)(H,31,37). The first kappa shape index (κ1) is 29.5. The van der Waals surface area contributed by atoms with E-state index in [1.807, 2.05) is 37.3 Å². The van der Waals surface area contributed by atoms with Crippen molar-refractivity contribution < 1.29 is 33.8 Å². The van der Waals surface area contributed by atoms with E-state index in [2.05, 4.69) is 15.4 Å². The Hall–Kier alpha value is -4.08. The van der Waals surface area contributed by atoms with E-state index in [0.29, 0.717) is 12.0 Å². The van der Waals surface area contributed by atoms with Crippen LogP contribution in [0.1, 0.15) is 51.3 Å². The van der Waals surface area contributed by atoms with Crippen LogP contribution in [0.5, 0.6) is 5.75 Å². The van der Waals surface area contributed by atoms with Crippen molar-refractivity contribution in [1.82, 2.24) is 15.5 Å². The monoisotopic (exact) mass is 539 g/mol. The lowest BCUT2D eigenvalue weighted by atomic mass is 9.99. The minimum absolute atomic E-state index is 0.0813. The number of aromatic hydroxyl groups is 1. The number of nitrogens with zero attached hydrogens (tertiary/aromatic N) is 1. The van der Waals surface area contributed by atoms with Gasteiger partial charge in [0, 0.05) is 12.5 Å². The van der Waals surface area contributed by atoms with Gasteiger partial charge in [0.05, 0.1) is 7.11 Å². The molecule has 3 rings (SSSR count). The van der Waals surface area contributed by atoms with E-state index in [-0.39, 0.29) is 24.1 Å². The van der Waals surface area contributed by atoms with Gasteiger partial charge >= 0.3 is 12.1 Å². The Morgan fingerprint density at radius 2 is 1.74 bits per heavy atom. The number of rotatable bonds is 10. The zero-order valence-corrected chi connectivity index (χ0v) is 23.0. The molecule has 0 aliphatic heterocycles. The number of carbonyl (C=O) groups is 4. The number of benzene rings is 2. The molecule has 4 unspecified atom stereocenters. The van der Waals surface area contributed by atoms with Crippen LogP contribution in [0, 0.1) is 5.92 Å². The van der Waals surface area contributed by atoms with Gasteiger partial charge in [-0.2, -0.15) is 0 Å². The topological polar surface area (TPSA) is 134 Å². The van der Waals surface area contributed by atoms with Crippen molar-refractivity contribution in [3.8, 4) is 5.75 Å². The highest BCUT2D eigenvalue weighted by Gasteiger charge is 2.48. The molecule has 10 nitrogen and oxygen atoms in total. The van der Waals surface area contributed by atoms with E-state index >= 15 is 0 Å². The second-order valence-electron chi connectivity index (χ2n) is 10.7. The second kappa shape index (κ2) is 12.6. The van der Waals surface area contributed by atoms with Crippen LogP contribution in [0.25, 0.3) is 0 Å². The molecular formula is C29H37N3O7. The van der Waals surface area contributed by atoms with Gasteiger partial charge in [-0.3, -0.25) is 14.4 Å². The van der Waals surface area contributed by atoms with Crippen LogP contribution < -0.4 is 10.6 Å². The van der Waals surface area contributed by atoms with Gasteiger partial charge in [0.25, 0.3) is 0 Å². The number of phenolic OH excluding ortho intramolecular Hbond substituents is 1. The minimum atomic E-state index is -1.18. The Morgan fingerprint density at radius 1 is 1.08 bits per heavy atom. The second-order valence-corrected chi connectivity index (χ2v) is 10.7. The van der Waals surface area contributed by atoms with Crippen molar-refractivity contribution in [3.05, 3.63) is 65.7 Å². The summed E-state index contributed by atoms with van der Waals surface area (Å²) in [4.78, 5) is 53.9. The number of ether oxygens (including phenoxy) is 2. The normalized spacial score (nSPS) is 17.8. The molecule has 1 aliphatic rings. The maximum absolute atomic E-state index is 14.3. The third kappa shape index (κ3) is 8.46. The highest BCUT2D eigenvalue weighted by molar-refractivity contribution is 5.93. The molecule has 1 saturated carbocycles. The lowest BCUT2D eigenvalue weighted by Gasteiger charge is -2.35. The lowest BCUT2D eigenvalue weighted by molar-refractivity contribution is -0.145. The number of amides is 3. The molecule has 0 heterocycles. The zero-order chi connectivity index (χ0) is 28.7. The van der Waals surface area contributed by atoms with Gasteiger partial charge in [0.2, 0.25) is 11.8 Å². The molecule has 39 heavy (non-hydrogen) atoms. The van der Waals surface area contributed by atoms with Crippen LogP contribution in [-0.4, -0.2) is 65.2 Å². The Kier molecular flexibility index (Phi) is 9.56. The van der Waals surface area contributed by atoms with Crippen LogP contribution in [0.2, 0.25) is 0 Å². The highest BCUT2D eigenvalue weighted by Crippen LogP contribution is 2.41. The van der Waals surface area contributed by atoms with Gasteiger partial charge in [0.1, 0.15) is 30.0 Å². The van der Waals surface area contributed by atoms with Gasteiger partial charge in [-0.25, -0.2) is 4.79 Å². The molecule has 2 aromatic rings. The number of phenols is 1. The van der Waals surface area contributed by atoms with Crippen molar-refractivity contribution in [1.29, 1.82) is 0 Å². The Labute approximate surface area is 228 Å². The van der Waals surface area contributed by atoms with Crippen LogP contribution in [0.15, 0.2) is 54.6 Å². The van der Waals surface area contributed by atoms with E-state index in [1.54, 1.807) is 32.9 Å². The van der Waals surface area contributed by atoms with Gasteiger partial charge in [-0.1, -0.05) is 49.4 Å². The lowest BCUT2D eigenvalue weighted by Crippen LogP contribution is -2.55. The molecule has 1 fully saturated rings. The average Bonchev–Trinajstić information content (AvgIpc) is 3.59. The molecule has 2 aromatic carbocycles. The molecule has 0 radical (unpaired) electrons. The van der Waals surface area contributed by atoms with Crippen LogP contribution in [0.3, 0.4) is 0 Å². The minimum Gasteiger partial charge on any atom is -0.508 e. The molecule has 3 N–H and O–H groups in total. The summed E-state index contributed by atoms with van der Waals surface area (Å²) in [6.45, 7) is 6.74. The van der Waals surface area contributed by atoms with Gasteiger partial charge in [0.15, 0.2) is 0 Å². The number of hydrogen-bond donors (Lipinski definition) is 3. The Balaban J connectivity index is 2.02. The number of carbonyl (C=O) groups excluding carboxylic acids is 4. The summed E-state index contributed by atoms with van der Waals surface area (Å²) >= 11 is 0. The van der Waals surface area contributed by atoms with Gasteiger partial charge < -0.3 is 30.1 Å². The first-order valence-electron chi connectivity index (χ1n) is 12.9. The van der Waals surface area contributed by atoms with E-state index in [9.17, 15) is 24.3 Å². The molecular weight excluding hydrogens is 502 g/mol. The third-order valence-corrected chi connectivity index (χ3v) is 6.30. The fourth-order valence-electron chi connectivity index (χ4n) is 4.31. The fraction of sp³-hybridized carbons (Fsp3) is 0.448. The van der Waals surface area contributed by atoms with Crippen LogP contribution in [-0.2, 0) is 30.3 Å². The molecule has 210 valence electrons. The number of hydrogen-bond acceptors (Lipinski definition) is 7. The van der Waals surface area contributed by atoms with Crippen molar-refractivity contribution in [2.45, 2.75) is 64.3 Å². The smallest absolute Gasteiger partial charge is 0.408 e. The Bertz CT molecular complexity index is 1180. The van der Waals surface area contributed by atoms with E-state index in [0.717, 1.165) is 5.56 Å². The molecule has 0 saturated heterocycles. The zero-order valence-electron chi connectivity index (χ0n) is 23.0. The summed E-state index contributed by atoms with van der Waals surface area (Å²) in [5.41, 5.74) is 0.382. The number of esters is 1. The maximum Gasteiger partial charge on any atom is 0.408 e. The molecule has 0 spiro atoms. The van der Waals surface area contributed by atoms with Crippen LogP contribution >= 0.6 is 0 Å². The van der Waals surface area contributed by atoms with Gasteiger partial charge in [-0.05, 0) is 56.4 Å². The molecule has 1 aliphatic carbocycles. The van der Waals surface area contributed by atoms with Crippen molar-refractivity contribution >= 4 is 23.9 Å². The number of alkyl carbamates (subject to hydrolysis) is 1. The van der Waals surface area contributed by atoms with Gasteiger partial charge in [-0.15, -0.1) is 0 Å². The number of methoxy groups -OCH3 is 1. The summed E-state index contributed by atoms with van der Waals surface area (Å²) in [7, 11) is 1.21. The summed E-state index contributed by atoms with van der Waals surface area (Å²) in [6.07, 6.45) is 0.0488. The van der Waals surface area contributed by atoms with E-state index < -0.39 is 48.1 Å². The van der Waals surface area contributed by atoms with E-state index in [4.69, 9.17) is 4.74 Å². The van der Waals surface area contributed by atoms with Crippen molar-refractivity contribution in [2.75, 3.05) is 13.7 Å². The summed E-state index contributed by atoms with van der Waals surface area (Å²) in [6, 6.07) is 12.7. The van der Waals surface area contributed by atoms with Crippen molar-refractivity contribution in [2.24, 2.45) is 5.92 Å². The van der Waals surface area contributed by atoms with Crippen LogP contribution in [0.4, 0.5) is 4.79 Å². The molecule has 4 atom stereocenters. The fourth-order valence-corrected chi connectivity index (χ4v) is 4.31. The van der Waals surface area contributed by atoms with Crippen molar-refractivity contribution in [3.63, 3.8) is 0 Å². The average molecular weight is 540 g/mol. The number of nitrogens with one attached hydrogen (secondary N) is 2. The molecule has 0 bridgehead atoms. The predicted molar refractivity (Wildman–Crippen MR) is 144 cm³/mol. The largest absolute Gasteiger partial charge is 0.508 e. The highest BCUT2D eigenvalue weighted by atomic mass is 16.6. The summed E-state index contributed by atoms with van der Waals surface area (Å²) < 4.78 is 10.1. The maximum atomic E-state index is 14.3. The third-order valence-electron chi connectivity index (χ3n) is 6.30. The SMILES string of the molecule is COC(=O)CNC(=O)C(c1cccc(O)c1)N(C(=O)C(Cc1ccccc1)NC(=O)OC(C)(C)C)C1CC1C. The quantitative estimate of drug-likeness (QED) is 0.395.